The molecule has 9 heteroatoms. The number of amides is 1. The molecular weight excluding hydrogens is 366 g/mol. The van der Waals surface area contributed by atoms with Crippen LogP contribution in [0.2, 0.25) is 0 Å². The number of rotatable bonds is 4. The molecule has 2 aromatic rings. The Hall–Kier alpha value is -2.36. The van der Waals surface area contributed by atoms with Gasteiger partial charge in [-0.25, -0.2) is 17.2 Å². The minimum atomic E-state index is -3.63. The van der Waals surface area contributed by atoms with Gasteiger partial charge in [0.15, 0.2) is 0 Å². The second kappa shape index (κ2) is 7.48. The molecule has 0 atom stereocenters. The highest BCUT2D eigenvalue weighted by Crippen LogP contribution is 2.20. The zero-order chi connectivity index (χ0) is 18.7. The van der Waals surface area contributed by atoms with Crippen molar-refractivity contribution in [2.75, 3.05) is 31.6 Å². The molecule has 1 aliphatic heterocycles. The summed E-state index contributed by atoms with van der Waals surface area (Å²) in [5.41, 5.74) is -0.0175. The summed E-state index contributed by atoms with van der Waals surface area (Å²) in [6.07, 6.45) is 0. The molecule has 1 heterocycles. The largest absolute Gasteiger partial charge is 0.379 e. The summed E-state index contributed by atoms with van der Waals surface area (Å²) in [7, 11) is -3.63. The molecule has 1 N–H and O–H groups in total. The molecule has 0 radical (unpaired) electrons. The van der Waals surface area contributed by atoms with Gasteiger partial charge in [0.25, 0.3) is 5.91 Å². The number of carbonyl (C=O) groups is 1. The molecule has 26 heavy (non-hydrogen) atoms. The molecule has 0 spiro atoms. The van der Waals surface area contributed by atoms with Crippen LogP contribution < -0.4 is 5.32 Å². The van der Waals surface area contributed by atoms with Gasteiger partial charge in [-0.15, -0.1) is 0 Å². The molecular formula is C17H16F2N2O4S. The molecule has 0 unspecified atom stereocenters. The number of carbonyl (C=O) groups excluding carboxylic acids is 1. The van der Waals surface area contributed by atoms with Gasteiger partial charge in [0, 0.05) is 24.8 Å². The zero-order valence-electron chi connectivity index (χ0n) is 13.6. The van der Waals surface area contributed by atoms with Crippen molar-refractivity contribution in [3.8, 4) is 0 Å². The van der Waals surface area contributed by atoms with Crippen molar-refractivity contribution in [3.63, 3.8) is 0 Å². The Kier molecular flexibility index (Phi) is 5.30. The van der Waals surface area contributed by atoms with Crippen molar-refractivity contribution >= 4 is 21.6 Å². The molecule has 0 aliphatic carbocycles. The van der Waals surface area contributed by atoms with Crippen LogP contribution in [0.15, 0.2) is 47.4 Å². The molecule has 2 aromatic carbocycles. The van der Waals surface area contributed by atoms with Crippen molar-refractivity contribution < 1.29 is 26.7 Å². The van der Waals surface area contributed by atoms with E-state index >= 15 is 0 Å². The third-order valence-corrected chi connectivity index (χ3v) is 5.81. The highest BCUT2D eigenvalue weighted by molar-refractivity contribution is 7.89. The second-order valence-corrected chi connectivity index (χ2v) is 7.56. The average Bonchev–Trinajstić information content (AvgIpc) is 2.63. The van der Waals surface area contributed by atoms with E-state index in [1.807, 2.05) is 0 Å². The Morgan fingerprint density at radius 3 is 2.31 bits per heavy atom. The van der Waals surface area contributed by atoms with Crippen LogP contribution in [0.3, 0.4) is 0 Å². The first kappa shape index (κ1) is 18.4. The highest BCUT2D eigenvalue weighted by Gasteiger charge is 2.26. The van der Waals surface area contributed by atoms with Gasteiger partial charge < -0.3 is 10.1 Å². The van der Waals surface area contributed by atoms with Crippen molar-refractivity contribution in [1.29, 1.82) is 0 Å². The first-order valence-corrected chi connectivity index (χ1v) is 9.26. The zero-order valence-corrected chi connectivity index (χ0v) is 14.4. The monoisotopic (exact) mass is 382 g/mol. The molecule has 1 aliphatic rings. The molecule has 1 saturated heterocycles. The van der Waals surface area contributed by atoms with Crippen LogP contribution in [0.5, 0.6) is 0 Å². The molecule has 138 valence electrons. The Bertz CT molecular complexity index is 911. The molecule has 0 aromatic heterocycles. The summed E-state index contributed by atoms with van der Waals surface area (Å²) in [5, 5.41) is 2.45. The molecule has 6 nitrogen and oxygen atoms in total. The summed E-state index contributed by atoms with van der Waals surface area (Å²) in [6, 6.07) is 8.18. The van der Waals surface area contributed by atoms with Crippen LogP contribution in [-0.2, 0) is 14.8 Å². The Labute approximate surface area is 149 Å². The standard InChI is InChI=1S/C17H16F2N2O4S/c18-12-1-6-15(16(19)11-12)17(22)20-13-2-4-14(5-3-13)26(23,24)21-7-9-25-10-8-21/h1-6,11H,7-10H2,(H,20,22). The Morgan fingerprint density at radius 2 is 1.69 bits per heavy atom. The first-order chi connectivity index (χ1) is 12.4. The summed E-state index contributed by atoms with van der Waals surface area (Å²) in [6.45, 7) is 1.25. The number of anilines is 1. The summed E-state index contributed by atoms with van der Waals surface area (Å²) < 4.78 is 58.1. The molecule has 3 rings (SSSR count). The third-order valence-electron chi connectivity index (χ3n) is 3.90. The van der Waals surface area contributed by atoms with Crippen LogP contribution in [0.4, 0.5) is 14.5 Å². The lowest BCUT2D eigenvalue weighted by Gasteiger charge is -2.26. The number of nitrogens with one attached hydrogen (secondary N) is 1. The number of benzene rings is 2. The number of hydrogen-bond acceptors (Lipinski definition) is 4. The second-order valence-electron chi connectivity index (χ2n) is 5.62. The number of hydrogen-bond donors (Lipinski definition) is 1. The van der Waals surface area contributed by atoms with E-state index in [1.54, 1.807) is 0 Å². The minimum Gasteiger partial charge on any atom is -0.379 e. The fourth-order valence-corrected chi connectivity index (χ4v) is 3.93. The van der Waals surface area contributed by atoms with Gasteiger partial charge in [0.1, 0.15) is 11.6 Å². The lowest BCUT2D eigenvalue weighted by Crippen LogP contribution is -2.40. The first-order valence-electron chi connectivity index (χ1n) is 7.82. The minimum absolute atomic E-state index is 0.0883. The highest BCUT2D eigenvalue weighted by atomic mass is 32.2. The summed E-state index contributed by atoms with van der Waals surface area (Å²) in [5.74, 6) is -2.52. The number of halogens is 2. The van der Waals surface area contributed by atoms with Gasteiger partial charge >= 0.3 is 0 Å². The smallest absolute Gasteiger partial charge is 0.258 e. The van der Waals surface area contributed by atoms with Crippen molar-refractivity contribution in [1.82, 2.24) is 4.31 Å². The fraction of sp³-hybridized carbons (Fsp3) is 0.235. The summed E-state index contributed by atoms with van der Waals surface area (Å²) >= 11 is 0. The molecule has 0 saturated carbocycles. The van der Waals surface area contributed by atoms with Crippen molar-refractivity contribution in [2.45, 2.75) is 4.90 Å². The normalized spacial score (nSPS) is 15.6. The van der Waals surface area contributed by atoms with Gasteiger partial charge in [-0.2, -0.15) is 4.31 Å². The van der Waals surface area contributed by atoms with Crippen LogP contribution in [0.25, 0.3) is 0 Å². The number of nitrogens with zero attached hydrogens (tertiary/aromatic N) is 1. The molecule has 1 amide bonds. The molecule has 1 fully saturated rings. The van der Waals surface area contributed by atoms with Crippen LogP contribution in [0.1, 0.15) is 10.4 Å². The van der Waals surface area contributed by atoms with Gasteiger partial charge in [0.2, 0.25) is 10.0 Å². The maximum atomic E-state index is 13.6. The maximum absolute atomic E-state index is 13.6. The van der Waals surface area contributed by atoms with E-state index in [1.165, 1.54) is 28.6 Å². The summed E-state index contributed by atoms with van der Waals surface area (Å²) in [4.78, 5) is 12.1. The van der Waals surface area contributed by atoms with E-state index < -0.39 is 27.6 Å². The van der Waals surface area contributed by atoms with E-state index in [9.17, 15) is 22.0 Å². The predicted octanol–water partition coefficient (Wildman–Crippen LogP) is 2.24. The maximum Gasteiger partial charge on any atom is 0.258 e. The van der Waals surface area contributed by atoms with Gasteiger partial charge in [-0.1, -0.05) is 0 Å². The van der Waals surface area contributed by atoms with E-state index in [0.717, 1.165) is 12.1 Å². The topological polar surface area (TPSA) is 75.7 Å². The average molecular weight is 382 g/mol. The number of morpholine rings is 1. The van der Waals surface area contributed by atoms with E-state index in [4.69, 9.17) is 4.74 Å². The van der Waals surface area contributed by atoms with Gasteiger partial charge in [-0.3, -0.25) is 4.79 Å². The van der Waals surface area contributed by atoms with E-state index in [-0.39, 0.29) is 23.5 Å². The Balaban J connectivity index is 1.74. The van der Waals surface area contributed by atoms with E-state index in [0.29, 0.717) is 25.0 Å². The van der Waals surface area contributed by atoms with Crippen molar-refractivity contribution in [3.05, 3.63) is 59.7 Å². The Morgan fingerprint density at radius 1 is 1.04 bits per heavy atom. The quantitative estimate of drug-likeness (QED) is 0.880. The van der Waals surface area contributed by atoms with Gasteiger partial charge in [0.05, 0.1) is 23.7 Å². The molecule has 0 bridgehead atoms. The van der Waals surface area contributed by atoms with Crippen molar-refractivity contribution in [2.24, 2.45) is 0 Å². The lowest BCUT2D eigenvalue weighted by atomic mass is 10.2. The van der Waals surface area contributed by atoms with Crippen LogP contribution >= 0.6 is 0 Å². The van der Waals surface area contributed by atoms with Gasteiger partial charge in [-0.05, 0) is 36.4 Å². The fourth-order valence-electron chi connectivity index (χ4n) is 2.52. The lowest BCUT2D eigenvalue weighted by molar-refractivity contribution is 0.0730. The van der Waals surface area contributed by atoms with E-state index in [2.05, 4.69) is 5.32 Å². The van der Waals surface area contributed by atoms with Crippen LogP contribution in [0, 0.1) is 11.6 Å². The third kappa shape index (κ3) is 3.90. The number of sulfonamides is 1. The predicted molar refractivity (Wildman–Crippen MR) is 90.3 cm³/mol. The number of ether oxygens (including phenoxy) is 1. The van der Waals surface area contributed by atoms with Crippen LogP contribution in [-0.4, -0.2) is 44.9 Å². The SMILES string of the molecule is O=C(Nc1ccc(S(=O)(=O)N2CCOCC2)cc1)c1ccc(F)cc1F.